The third kappa shape index (κ3) is 8.45. The average Bonchev–Trinajstić information content (AvgIpc) is 2.71. The number of carboxylic acid groups (broad SMARTS) is 1. The maximum absolute atomic E-state index is 12.1. The van der Waals surface area contributed by atoms with E-state index in [2.05, 4.69) is 4.90 Å². The molecule has 8 heteroatoms. The van der Waals surface area contributed by atoms with Crippen molar-refractivity contribution in [2.45, 2.75) is 38.4 Å². The molecular formula is C17H23ClF3NO3. The van der Waals surface area contributed by atoms with Crippen molar-refractivity contribution < 1.29 is 27.8 Å². The lowest BCUT2D eigenvalue weighted by Gasteiger charge is -2.20. The van der Waals surface area contributed by atoms with Gasteiger partial charge >= 0.3 is 12.1 Å². The minimum atomic E-state index is -4.34. The van der Waals surface area contributed by atoms with Gasteiger partial charge in [-0.2, -0.15) is 13.2 Å². The number of nitrogens with zero attached hydrogens (tertiary/aromatic N) is 1. The predicted molar refractivity (Wildman–Crippen MR) is 90.1 cm³/mol. The van der Waals surface area contributed by atoms with Crippen LogP contribution in [0.25, 0.3) is 0 Å². The predicted octanol–water partition coefficient (Wildman–Crippen LogP) is 4.13. The maximum Gasteiger partial charge on any atom is 0.422 e. The molecule has 0 saturated carbocycles. The Morgan fingerprint density at radius 3 is 2.48 bits per heavy atom. The highest BCUT2D eigenvalue weighted by atomic mass is 35.5. The number of carboxylic acids is 1. The number of carbonyl (C=O) groups is 1. The highest BCUT2D eigenvalue weighted by Crippen LogP contribution is 2.23. The number of halogens is 4. The monoisotopic (exact) mass is 381 g/mol. The van der Waals surface area contributed by atoms with Gasteiger partial charge in [0.05, 0.1) is 0 Å². The third-order valence-electron chi connectivity index (χ3n) is 4.14. The molecule has 1 atom stereocenters. The second-order valence-electron chi connectivity index (χ2n) is 6.22. The fraction of sp³-hybridized carbons (Fsp3) is 0.588. The van der Waals surface area contributed by atoms with E-state index in [1.54, 1.807) is 24.3 Å². The standard InChI is InChI=1S/C17H22F3NO3.ClH/c18-17(19,20)12-24-15-5-3-14(4-6-15)11-21-8-1-2-13(7-9-21)10-16(22)23;/h3-6,13H,1-2,7-12H2,(H,22,23);1H. The van der Waals surface area contributed by atoms with Gasteiger partial charge in [0.2, 0.25) is 0 Å². The van der Waals surface area contributed by atoms with Gasteiger partial charge in [-0.05, 0) is 56.0 Å². The lowest BCUT2D eigenvalue weighted by Crippen LogP contribution is -2.24. The second-order valence-corrected chi connectivity index (χ2v) is 6.22. The Morgan fingerprint density at radius 2 is 1.88 bits per heavy atom. The van der Waals surface area contributed by atoms with Crippen LogP contribution in [0.5, 0.6) is 5.75 Å². The van der Waals surface area contributed by atoms with E-state index in [1.165, 1.54) is 0 Å². The van der Waals surface area contributed by atoms with E-state index in [4.69, 9.17) is 9.84 Å². The summed E-state index contributed by atoms with van der Waals surface area (Å²) in [6.07, 6.45) is -1.37. The molecule has 1 N–H and O–H groups in total. The van der Waals surface area contributed by atoms with E-state index in [0.717, 1.165) is 37.9 Å². The largest absolute Gasteiger partial charge is 0.484 e. The van der Waals surface area contributed by atoms with Gasteiger partial charge in [-0.1, -0.05) is 12.1 Å². The summed E-state index contributed by atoms with van der Waals surface area (Å²) in [6, 6.07) is 6.63. The molecule has 25 heavy (non-hydrogen) atoms. The topological polar surface area (TPSA) is 49.8 Å². The molecule has 0 spiro atoms. The molecule has 1 unspecified atom stereocenters. The summed E-state index contributed by atoms with van der Waals surface area (Å²) in [4.78, 5) is 13.1. The molecule has 0 aliphatic carbocycles. The normalized spacial score (nSPS) is 18.9. The highest BCUT2D eigenvalue weighted by Gasteiger charge is 2.28. The fourth-order valence-electron chi connectivity index (χ4n) is 2.95. The first-order valence-electron chi connectivity index (χ1n) is 8.04. The number of hydrogen-bond acceptors (Lipinski definition) is 3. The molecule has 4 nitrogen and oxygen atoms in total. The van der Waals surface area contributed by atoms with E-state index < -0.39 is 18.8 Å². The molecule has 0 aromatic heterocycles. The van der Waals surface area contributed by atoms with Crippen molar-refractivity contribution in [3.05, 3.63) is 29.8 Å². The second kappa shape index (κ2) is 9.87. The zero-order valence-corrected chi connectivity index (χ0v) is 14.6. The molecule has 1 saturated heterocycles. The van der Waals surface area contributed by atoms with Crippen LogP contribution in [0.15, 0.2) is 24.3 Å². The van der Waals surface area contributed by atoms with Crippen LogP contribution < -0.4 is 4.74 Å². The number of ether oxygens (including phenoxy) is 1. The zero-order chi connectivity index (χ0) is 17.6. The van der Waals surface area contributed by atoms with E-state index >= 15 is 0 Å². The Labute approximate surface area is 151 Å². The number of hydrogen-bond donors (Lipinski definition) is 1. The summed E-state index contributed by atoms with van der Waals surface area (Å²) in [6.45, 7) is 1.16. The zero-order valence-electron chi connectivity index (χ0n) is 13.8. The molecule has 1 aromatic rings. The van der Waals surface area contributed by atoms with Crippen molar-refractivity contribution in [2.24, 2.45) is 5.92 Å². The van der Waals surface area contributed by atoms with Crippen LogP contribution in [0.1, 0.15) is 31.2 Å². The molecule has 0 radical (unpaired) electrons. The lowest BCUT2D eigenvalue weighted by molar-refractivity contribution is -0.153. The molecular weight excluding hydrogens is 359 g/mol. The van der Waals surface area contributed by atoms with Crippen molar-refractivity contribution in [1.29, 1.82) is 0 Å². The van der Waals surface area contributed by atoms with Crippen LogP contribution in [0, 0.1) is 5.92 Å². The Bertz CT molecular complexity index is 537. The van der Waals surface area contributed by atoms with Crippen molar-refractivity contribution >= 4 is 18.4 Å². The number of alkyl halides is 3. The number of benzene rings is 1. The Hall–Kier alpha value is -1.47. The smallest absolute Gasteiger partial charge is 0.422 e. The van der Waals surface area contributed by atoms with Gasteiger partial charge in [0.25, 0.3) is 0 Å². The van der Waals surface area contributed by atoms with Crippen LogP contribution in [-0.4, -0.2) is 41.8 Å². The average molecular weight is 382 g/mol. The van der Waals surface area contributed by atoms with Crippen LogP contribution in [0.4, 0.5) is 13.2 Å². The number of aliphatic carboxylic acids is 1. The molecule has 2 rings (SSSR count). The lowest BCUT2D eigenvalue weighted by atomic mass is 9.97. The van der Waals surface area contributed by atoms with E-state index in [-0.39, 0.29) is 30.5 Å². The van der Waals surface area contributed by atoms with E-state index in [1.807, 2.05) is 0 Å². The first-order valence-corrected chi connectivity index (χ1v) is 8.04. The first-order chi connectivity index (χ1) is 11.3. The van der Waals surface area contributed by atoms with E-state index in [9.17, 15) is 18.0 Å². The summed E-state index contributed by atoms with van der Waals surface area (Å²) in [5, 5.41) is 8.88. The Morgan fingerprint density at radius 1 is 1.20 bits per heavy atom. The Balaban J connectivity index is 0.00000312. The highest BCUT2D eigenvalue weighted by molar-refractivity contribution is 5.85. The maximum atomic E-state index is 12.1. The van der Waals surface area contributed by atoms with Crippen LogP contribution >= 0.6 is 12.4 Å². The van der Waals surface area contributed by atoms with Crippen molar-refractivity contribution in [3.63, 3.8) is 0 Å². The van der Waals surface area contributed by atoms with Crippen LogP contribution in [0.2, 0.25) is 0 Å². The molecule has 1 aliphatic rings. The van der Waals surface area contributed by atoms with Gasteiger partial charge in [0.15, 0.2) is 6.61 Å². The van der Waals surface area contributed by atoms with Crippen LogP contribution in [-0.2, 0) is 11.3 Å². The molecule has 142 valence electrons. The van der Waals surface area contributed by atoms with Crippen molar-refractivity contribution in [2.75, 3.05) is 19.7 Å². The minimum Gasteiger partial charge on any atom is -0.484 e. The van der Waals surface area contributed by atoms with Gasteiger partial charge in [0, 0.05) is 13.0 Å². The minimum absolute atomic E-state index is 0. The summed E-state index contributed by atoms with van der Waals surface area (Å²) >= 11 is 0. The van der Waals surface area contributed by atoms with Gasteiger partial charge in [-0.25, -0.2) is 0 Å². The number of likely N-dealkylation sites (tertiary alicyclic amines) is 1. The van der Waals surface area contributed by atoms with Gasteiger partial charge in [-0.3, -0.25) is 9.69 Å². The molecule has 1 fully saturated rings. The van der Waals surface area contributed by atoms with E-state index in [0.29, 0.717) is 6.54 Å². The van der Waals surface area contributed by atoms with Crippen molar-refractivity contribution in [3.8, 4) is 5.75 Å². The molecule has 0 amide bonds. The quantitative estimate of drug-likeness (QED) is 0.805. The Kier molecular flexibility index (Phi) is 8.52. The molecule has 1 aliphatic heterocycles. The first kappa shape index (κ1) is 21.6. The summed E-state index contributed by atoms with van der Waals surface area (Å²) < 4.78 is 41.0. The molecule has 1 heterocycles. The third-order valence-corrected chi connectivity index (χ3v) is 4.14. The van der Waals surface area contributed by atoms with Crippen molar-refractivity contribution in [1.82, 2.24) is 4.90 Å². The molecule has 0 bridgehead atoms. The van der Waals surface area contributed by atoms with Gasteiger partial charge in [-0.15, -0.1) is 12.4 Å². The molecule has 1 aromatic carbocycles. The fourth-order valence-corrected chi connectivity index (χ4v) is 2.95. The summed E-state index contributed by atoms with van der Waals surface area (Å²) in [5.41, 5.74) is 1.01. The van der Waals surface area contributed by atoms with Crippen LogP contribution in [0.3, 0.4) is 0 Å². The van der Waals surface area contributed by atoms with Gasteiger partial charge in [0.1, 0.15) is 5.75 Å². The summed E-state index contributed by atoms with van der Waals surface area (Å²) in [7, 11) is 0. The van der Waals surface area contributed by atoms with Gasteiger partial charge < -0.3 is 9.84 Å². The summed E-state index contributed by atoms with van der Waals surface area (Å²) in [5.74, 6) is -0.318. The SMILES string of the molecule is Cl.O=C(O)CC1CCCN(Cc2ccc(OCC(F)(F)F)cc2)CC1. The number of rotatable bonds is 6.